The molecule has 4 nitrogen and oxygen atoms in total. The molecule has 0 radical (unpaired) electrons. The third-order valence-electron chi connectivity index (χ3n) is 4.51. The minimum Gasteiger partial charge on any atom is -0.322 e. The molecule has 2 amide bonds. The summed E-state index contributed by atoms with van der Waals surface area (Å²) in [5.41, 5.74) is 1.87. The number of para-hydroxylation sites is 1. The summed E-state index contributed by atoms with van der Waals surface area (Å²) in [5, 5.41) is 2.93. The first-order valence-electron chi connectivity index (χ1n) is 8.78. The fourth-order valence-corrected chi connectivity index (χ4v) is 3.10. The van der Waals surface area contributed by atoms with E-state index in [-0.39, 0.29) is 11.8 Å². The molecular formula is C20H24FN3O. The highest BCUT2D eigenvalue weighted by Gasteiger charge is 2.20. The van der Waals surface area contributed by atoms with Gasteiger partial charge in [0.15, 0.2) is 0 Å². The first kappa shape index (κ1) is 17.4. The molecule has 1 aliphatic heterocycles. The molecule has 0 saturated carbocycles. The topological polar surface area (TPSA) is 35.6 Å². The molecule has 2 aromatic rings. The highest BCUT2D eigenvalue weighted by Crippen LogP contribution is 2.10. The van der Waals surface area contributed by atoms with E-state index in [2.05, 4.69) is 10.2 Å². The standard InChI is InChI=1S/C20H24FN3O/c21-18-8-4-6-17(16-18)7-5-11-23-12-14-24(15-13-23)20(25)22-19-9-2-1-3-10-19/h1-4,6,8-10,16H,5,7,11-15H2,(H,22,25). The van der Waals surface area contributed by atoms with E-state index in [0.29, 0.717) is 0 Å². The van der Waals surface area contributed by atoms with Crippen LogP contribution in [0.15, 0.2) is 54.6 Å². The number of rotatable bonds is 5. The molecule has 1 aliphatic rings. The Bertz CT molecular complexity index is 684. The number of piperazine rings is 1. The Kier molecular flexibility index (Phi) is 6.01. The van der Waals surface area contributed by atoms with Crippen molar-refractivity contribution in [2.24, 2.45) is 0 Å². The van der Waals surface area contributed by atoms with Gasteiger partial charge >= 0.3 is 6.03 Å². The van der Waals surface area contributed by atoms with Crippen LogP contribution in [0, 0.1) is 5.82 Å². The van der Waals surface area contributed by atoms with Crippen LogP contribution in [0.25, 0.3) is 0 Å². The lowest BCUT2D eigenvalue weighted by atomic mass is 10.1. The maximum absolute atomic E-state index is 13.2. The molecule has 5 heteroatoms. The second-order valence-electron chi connectivity index (χ2n) is 6.36. The van der Waals surface area contributed by atoms with Crippen LogP contribution in [-0.2, 0) is 6.42 Å². The van der Waals surface area contributed by atoms with E-state index in [4.69, 9.17) is 0 Å². The summed E-state index contributed by atoms with van der Waals surface area (Å²) in [6, 6.07) is 16.3. The van der Waals surface area contributed by atoms with Crippen LogP contribution in [-0.4, -0.2) is 48.6 Å². The zero-order valence-electron chi connectivity index (χ0n) is 14.3. The number of benzene rings is 2. The fraction of sp³-hybridized carbons (Fsp3) is 0.350. The summed E-state index contributed by atoms with van der Waals surface area (Å²) in [7, 11) is 0. The number of urea groups is 1. The first-order chi connectivity index (χ1) is 12.2. The average molecular weight is 341 g/mol. The SMILES string of the molecule is O=C(Nc1ccccc1)N1CCN(CCCc2cccc(F)c2)CC1. The molecule has 0 aromatic heterocycles. The predicted octanol–water partition coefficient (Wildman–Crippen LogP) is 3.61. The Morgan fingerprint density at radius 1 is 1.00 bits per heavy atom. The second kappa shape index (κ2) is 8.62. The Morgan fingerprint density at radius 3 is 2.48 bits per heavy atom. The summed E-state index contributed by atoms with van der Waals surface area (Å²) in [6.07, 6.45) is 1.88. The van der Waals surface area contributed by atoms with Crippen molar-refractivity contribution in [2.75, 3.05) is 38.0 Å². The van der Waals surface area contributed by atoms with Gasteiger partial charge in [0.05, 0.1) is 0 Å². The van der Waals surface area contributed by atoms with Crippen LogP contribution in [0.4, 0.5) is 14.9 Å². The molecule has 1 fully saturated rings. The molecule has 0 bridgehead atoms. The van der Waals surface area contributed by atoms with Crippen LogP contribution in [0.3, 0.4) is 0 Å². The van der Waals surface area contributed by atoms with E-state index in [0.717, 1.165) is 56.8 Å². The minimum absolute atomic E-state index is 0.0365. The van der Waals surface area contributed by atoms with Crippen LogP contribution in [0.5, 0.6) is 0 Å². The third kappa shape index (κ3) is 5.29. The number of amides is 2. The van der Waals surface area contributed by atoms with Gasteiger partial charge in [-0.25, -0.2) is 9.18 Å². The van der Waals surface area contributed by atoms with E-state index in [1.807, 2.05) is 41.3 Å². The van der Waals surface area contributed by atoms with Gasteiger partial charge in [0.2, 0.25) is 0 Å². The lowest BCUT2D eigenvalue weighted by Gasteiger charge is -2.34. The molecule has 2 aromatic carbocycles. The van der Waals surface area contributed by atoms with E-state index in [1.165, 1.54) is 6.07 Å². The number of nitrogens with one attached hydrogen (secondary N) is 1. The van der Waals surface area contributed by atoms with Gasteiger partial charge in [-0.1, -0.05) is 30.3 Å². The highest BCUT2D eigenvalue weighted by atomic mass is 19.1. The zero-order chi connectivity index (χ0) is 17.5. The van der Waals surface area contributed by atoms with Gasteiger partial charge in [-0.15, -0.1) is 0 Å². The molecule has 0 unspecified atom stereocenters. The van der Waals surface area contributed by atoms with Crippen molar-refractivity contribution in [3.8, 4) is 0 Å². The molecule has 1 heterocycles. The number of hydrogen-bond acceptors (Lipinski definition) is 2. The summed E-state index contributed by atoms with van der Waals surface area (Å²) in [5.74, 6) is -0.171. The smallest absolute Gasteiger partial charge is 0.321 e. The van der Waals surface area contributed by atoms with Crippen molar-refractivity contribution in [3.05, 3.63) is 66.0 Å². The Hall–Kier alpha value is -2.40. The van der Waals surface area contributed by atoms with Gasteiger partial charge in [-0.3, -0.25) is 4.90 Å². The van der Waals surface area contributed by atoms with Crippen molar-refractivity contribution in [1.82, 2.24) is 9.80 Å². The predicted molar refractivity (Wildman–Crippen MR) is 98.2 cm³/mol. The van der Waals surface area contributed by atoms with E-state index >= 15 is 0 Å². The number of anilines is 1. The minimum atomic E-state index is -0.171. The van der Waals surface area contributed by atoms with Crippen LogP contribution >= 0.6 is 0 Å². The van der Waals surface area contributed by atoms with Crippen molar-refractivity contribution in [2.45, 2.75) is 12.8 Å². The zero-order valence-corrected chi connectivity index (χ0v) is 14.3. The van der Waals surface area contributed by atoms with Gasteiger partial charge in [-0.2, -0.15) is 0 Å². The van der Waals surface area contributed by atoms with Gasteiger partial charge in [0.1, 0.15) is 5.82 Å². The maximum Gasteiger partial charge on any atom is 0.321 e. The van der Waals surface area contributed by atoms with E-state index in [1.54, 1.807) is 12.1 Å². The highest BCUT2D eigenvalue weighted by molar-refractivity contribution is 5.89. The first-order valence-corrected chi connectivity index (χ1v) is 8.78. The van der Waals surface area contributed by atoms with E-state index in [9.17, 15) is 9.18 Å². The van der Waals surface area contributed by atoms with Crippen LogP contribution in [0.2, 0.25) is 0 Å². The van der Waals surface area contributed by atoms with Gasteiger partial charge in [0.25, 0.3) is 0 Å². The third-order valence-corrected chi connectivity index (χ3v) is 4.51. The molecule has 1 saturated heterocycles. The largest absolute Gasteiger partial charge is 0.322 e. The second-order valence-corrected chi connectivity index (χ2v) is 6.36. The number of carbonyl (C=O) groups is 1. The summed E-state index contributed by atoms with van der Waals surface area (Å²) in [4.78, 5) is 16.5. The van der Waals surface area contributed by atoms with E-state index < -0.39 is 0 Å². The summed E-state index contributed by atoms with van der Waals surface area (Å²) < 4.78 is 13.2. The number of nitrogens with zero attached hydrogens (tertiary/aromatic N) is 2. The average Bonchev–Trinajstić information content (AvgIpc) is 2.63. The summed E-state index contributed by atoms with van der Waals surface area (Å²) >= 11 is 0. The lowest BCUT2D eigenvalue weighted by Crippen LogP contribution is -2.50. The number of halogens is 1. The molecule has 0 spiro atoms. The molecule has 0 aliphatic carbocycles. The lowest BCUT2D eigenvalue weighted by molar-refractivity contribution is 0.146. The molecule has 3 rings (SSSR count). The monoisotopic (exact) mass is 341 g/mol. The number of aryl methyl sites for hydroxylation is 1. The maximum atomic E-state index is 13.2. The van der Waals surface area contributed by atoms with Crippen molar-refractivity contribution >= 4 is 11.7 Å². The molecular weight excluding hydrogens is 317 g/mol. The van der Waals surface area contributed by atoms with Crippen molar-refractivity contribution < 1.29 is 9.18 Å². The normalized spacial score (nSPS) is 15.2. The van der Waals surface area contributed by atoms with Crippen LogP contribution in [0.1, 0.15) is 12.0 Å². The van der Waals surface area contributed by atoms with Gasteiger partial charge in [-0.05, 0) is 49.2 Å². The number of hydrogen-bond donors (Lipinski definition) is 1. The molecule has 0 atom stereocenters. The Balaban J connectivity index is 1.37. The van der Waals surface area contributed by atoms with Crippen molar-refractivity contribution in [1.29, 1.82) is 0 Å². The molecule has 1 N–H and O–H groups in total. The summed E-state index contributed by atoms with van der Waals surface area (Å²) in [6.45, 7) is 4.21. The Morgan fingerprint density at radius 2 is 1.76 bits per heavy atom. The van der Waals surface area contributed by atoms with Crippen molar-refractivity contribution in [3.63, 3.8) is 0 Å². The fourth-order valence-electron chi connectivity index (χ4n) is 3.10. The number of carbonyl (C=O) groups excluding carboxylic acids is 1. The van der Waals surface area contributed by atoms with Crippen LogP contribution < -0.4 is 5.32 Å². The van der Waals surface area contributed by atoms with Gasteiger partial charge in [0, 0.05) is 31.9 Å². The molecule has 132 valence electrons. The molecule has 25 heavy (non-hydrogen) atoms. The quantitative estimate of drug-likeness (QED) is 0.902. The Labute approximate surface area is 148 Å². The van der Waals surface area contributed by atoms with Gasteiger partial charge < -0.3 is 10.2 Å².